The summed E-state index contributed by atoms with van der Waals surface area (Å²) in [4.78, 5) is 64.6. The van der Waals surface area contributed by atoms with Gasteiger partial charge in [0.2, 0.25) is 5.41 Å². The third-order valence-corrected chi connectivity index (χ3v) is 10.9. The smallest absolute Gasteiger partial charge is 0.322 e. The molecule has 2 N–H and O–H groups in total. The molecule has 340 valence electrons. The third kappa shape index (κ3) is 8.02. The Morgan fingerprint density at radius 3 is 1.67 bits per heavy atom. The molecule has 5 aromatic carbocycles. The average molecular weight is 930 g/mol. The van der Waals surface area contributed by atoms with E-state index in [9.17, 15) is 50.3 Å². The lowest BCUT2D eigenvalue weighted by molar-refractivity contribution is -0.288. The normalized spacial score (nSPS) is 14.7. The van der Waals surface area contributed by atoms with Crippen molar-refractivity contribution in [2.45, 2.75) is 50.4 Å². The zero-order valence-corrected chi connectivity index (χ0v) is 33.5. The quantitative estimate of drug-likeness (QED) is 0.0914. The van der Waals surface area contributed by atoms with Gasteiger partial charge in [-0.3, -0.25) is 29.3 Å². The molecule has 0 saturated heterocycles. The molecular formula is C46H27F12N3O5. The van der Waals surface area contributed by atoms with Crippen LogP contribution in [0.2, 0.25) is 0 Å². The fourth-order valence-corrected chi connectivity index (χ4v) is 7.97. The Labute approximate surface area is 364 Å². The van der Waals surface area contributed by atoms with Crippen molar-refractivity contribution in [2.75, 3.05) is 10.2 Å². The highest BCUT2D eigenvalue weighted by molar-refractivity contribution is 6.34. The van der Waals surface area contributed by atoms with E-state index in [0.717, 1.165) is 11.6 Å². The average Bonchev–Trinajstić information content (AvgIpc) is 3.64. The minimum atomic E-state index is -6.30. The summed E-state index contributed by atoms with van der Waals surface area (Å²) in [6, 6.07) is 11.0. The summed E-state index contributed by atoms with van der Waals surface area (Å²) < 4.78 is 178. The summed E-state index contributed by atoms with van der Waals surface area (Å²) in [7, 11) is 0. The molecular weight excluding hydrogens is 902 g/mol. The number of alkyl halides is 12. The number of anilines is 2. The molecule has 20 heteroatoms. The third-order valence-electron chi connectivity index (χ3n) is 10.9. The second-order valence-electron chi connectivity index (χ2n) is 15.1. The predicted octanol–water partition coefficient (Wildman–Crippen LogP) is 10.9. The molecule has 2 heterocycles. The molecule has 0 aromatic heterocycles. The molecule has 1 atom stereocenters. The molecule has 8 nitrogen and oxygen atoms in total. The molecule has 0 radical (unpaired) electrons. The number of carbonyl (C=O) groups is 5. The monoisotopic (exact) mass is 929 g/mol. The van der Waals surface area contributed by atoms with Crippen molar-refractivity contribution in [3.63, 3.8) is 0 Å². The van der Waals surface area contributed by atoms with Crippen LogP contribution in [0.15, 0.2) is 97.1 Å². The number of carbonyl (C=O) groups excluding carboxylic acids is 5. The van der Waals surface area contributed by atoms with Crippen LogP contribution in [0.1, 0.15) is 93.5 Å². The fourth-order valence-electron chi connectivity index (χ4n) is 7.97. The van der Waals surface area contributed by atoms with Gasteiger partial charge < -0.3 is 5.32 Å². The summed E-state index contributed by atoms with van der Waals surface area (Å²) in [5.41, 5.74) is -17.9. The Kier molecular flexibility index (Phi) is 11.4. The van der Waals surface area contributed by atoms with E-state index in [1.807, 2.05) is 6.92 Å². The van der Waals surface area contributed by atoms with Crippen LogP contribution in [0, 0.1) is 17.8 Å². The number of benzene rings is 5. The van der Waals surface area contributed by atoms with E-state index in [-0.39, 0.29) is 40.6 Å². The fraction of sp³-hybridized carbons (Fsp3) is 0.196. The van der Waals surface area contributed by atoms with Gasteiger partial charge in [0.15, 0.2) is 0 Å². The van der Waals surface area contributed by atoms with Gasteiger partial charge in [-0.25, -0.2) is 4.90 Å². The Bertz CT molecular complexity index is 2930. The first kappa shape index (κ1) is 46.6. The summed E-state index contributed by atoms with van der Waals surface area (Å²) in [5.74, 6) is -0.711. The molecule has 1 unspecified atom stereocenters. The van der Waals surface area contributed by atoms with Crippen LogP contribution in [-0.2, 0) is 24.2 Å². The highest BCUT2D eigenvalue weighted by Crippen LogP contribution is 2.57. The Morgan fingerprint density at radius 2 is 1.11 bits per heavy atom. The van der Waals surface area contributed by atoms with E-state index in [1.165, 1.54) is 12.1 Å². The first-order chi connectivity index (χ1) is 30.7. The zero-order chi connectivity index (χ0) is 48.5. The van der Waals surface area contributed by atoms with E-state index in [4.69, 9.17) is 0 Å². The van der Waals surface area contributed by atoms with Crippen molar-refractivity contribution in [2.24, 2.45) is 5.92 Å². The van der Waals surface area contributed by atoms with E-state index < -0.39 is 127 Å². The molecule has 0 fully saturated rings. The second-order valence-corrected chi connectivity index (χ2v) is 15.1. The molecule has 7 rings (SSSR count). The van der Waals surface area contributed by atoms with Crippen LogP contribution >= 0.6 is 0 Å². The van der Waals surface area contributed by atoms with Gasteiger partial charge in [0.1, 0.15) is 0 Å². The Hall–Kier alpha value is -7.43. The van der Waals surface area contributed by atoms with Gasteiger partial charge in [-0.15, -0.1) is 11.8 Å². The van der Waals surface area contributed by atoms with Gasteiger partial charge in [-0.2, -0.15) is 52.7 Å². The number of imide groups is 2. The minimum absolute atomic E-state index is 0.00259. The number of halogens is 12. The van der Waals surface area contributed by atoms with Gasteiger partial charge in [0.05, 0.1) is 39.1 Å². The molecule has 0 spiro atoms. The van der Waals surface area contributed by atoms with Crippen LogP contribution in [0.5, 0.6) is 0 Å². The summed E-state index contributed by atoms with van der Waals surface area (Å²) >= 11 is 0. The lowest BCUT2D eigenvalue weighted by atomic mass is 9.71. The molecule has 2 aliphatic rings. The molecule has 0 bridgehead atoms. The van der Waals surface area contributed by atoms with Crippen LogP contribution < -0.4 is 15.5 Å². The lowest BCUT2D eigenvalue weighted by Crippen LogP contribution is -2.55. The minimum Gasteiger partial charge on any atom is -0.322 e. The van der Waals surface area contributed by atoms with Crippen LogP contribution in [0.4, 0.5) is 64.1 Å². The van der Waals surface area contributed by atoms with E-state index in [0.29, 0.717) is 48.9 Å². The predicted molar refractivity (Wildman–Crippen MR) is 211 cm³/mol. The summed E-state index contributed by atoms with van der Waals surface area (Å²) in [6.45, 7) is 3.55. The number of amides is 5. The van der Waals surface area contributed by atoms with Crippen molar-refractivity contribution in [3.8, 4) is 23.0 Å². The number of hydrogen-bond donors (Lipinski definition) is 2. The Balaban J connectivity index is 1.25. The molecule has 2 aliphatic heterocycles. The number of nitrogens with zero attached hydrogens (tertiary/aromatic N) is 1. The van der Waals surface area contributed by atoms with E-state index in [1.54, 1.807) is 24.4 Å². The van der Waals surface area contributed by atoms with Gasteiger partial charge in [0, 0.05) is 17.2 Å². The van der Waals surface area contributed by atoms with E-state index >= 15 is 26.3 Å². The van der Waals surface area contributed by atoms with Crippen molar-refractivity contribution in [1.82, 2.24) is 5.32 Å². The summed E-state index contributed by atoms with van der Waals surface area (Å²) in [6.07, 6.45) is -22.9. The van der Waals surface area contributed by atoms with Gasteiger partial charge in [-0.1, -0.05) is 43.3 Å². The van der Waals surface area contributed by atoms with Crippen LogP contribution in [-0.4, -0.2) is 41.9 Å². The van der Waals surface area contributed by atoms with E-state index in [2.05, 4.69) is 17.2 Å². The SMILES string of the molecule is CC#CC(C)Cc1ccc(C(=O)Nc2ccc(-c3ccc(N4C(=O)c5ccc(C(c6ccc7c(c6)C(=O)NC7=O)(C(F)(F)F)C(F)(F)F)cc5C4=O)cc3C(F)(F)F)c(C(F)(F)F)c2)cc1. The van der Waals surface area contributed by atoms with Gasteiger partial charge >= 0.3 is 24.7 Å². The Morgan fingerprint density at radius 1 is 0.606 bits per heavy atom. The molecule has 0 aliphatic carbocycles. The molecule has 5 aromatic rings. The van der Waals surface area contributed by atoms with Crippen molar-refractivity contribution in [3.05, 3.63) is 153 Å². The molecule has 66 heavy (non-hydrogen) atoms. The number of nitrogens with one attached hydrogen (secondary N) is 2. The highest BCUT2D eigenvalue weighted by atomic mass is 19.4. The maximum absolute atomic E-state index is 15.0. The zero-order valence-electron chi connectivity index (χ0n) is 33.5. The molecule has 5 amide bonds. The maximum Gasteiger partial charge on any atom is 0.417 e. The lowest BCUT2D eigenvalue weighted by Gasteiger charge is -2.38. The standard InChI is InChI=1S/C46H27F12N3O5/c1-3-4-22(2)17-23-5-7-24(8-6-23)37(62)59-27-11-15-29(35(20-27)43(47,48)49)30-16-12-28(21-36(30)44(50,51)52)61-40(65)32-14-10-26(19-34(32)41(61)66)42(45(53,54)55,46(56,57)58)25-9-13-31-33(18-25)39(64)60-38(31)63/h5-16,18-22H,17H2,1-2H3,(H,59,62)(H,60,63,64). The van der Waals surface area contributed by atoms with Crippen LogP contribution in [0.25, 0.3) is 11.1 Å². The first-order valence-corrected chi connectivity index (χ1v) is 19.1. The number of fused-ring (bicyclic) bond motifs is 2. The van der Waals surface area contributed by atoms with Gasteiger partial charge in [-0.05, 0) is 102 Å². The maximum atomic E-state index is 15.0. The summed E-state index contributed by atoms with van der Waals surface area (Å²) in [5, 5.41) is 4.01. The first-order valence-electron chi connectivity index (χ1n) is 19.1. The topological polar surface area (TPSA) is 113 Å². The van der Waals surface area contributed by atoms with Crippen molar-refractivity contribution in [1.29, 1.82) is 0 Å². The van der Waals surface area contributed by atoms with Gasteiger partial charge in [0.25, 0.3) is 29.5 Å². The van der Waals surface area contributed by atoms with Crippen molar-refractivity contribution >= 4 is 40.9 Å². The largest absolute Gasteiger partial charge is 0.417 e. The van der Waals surface area contributed by atoms with Crippen molar-refractivity contribution < 1.29 is 76.7 Å². The van der Waals surface area contributed by atoms with Crippen LogP contribution in [0.3, 0.4) is 0 Å². The molecule has 0 saturated carbocycles. The number of rotatable bonds is 8. The second kappa shape index (κ2) is 16.2. The number of hydrogen-bond acceptors (Lipinski definition) is 5. The highest BCUT2D eigenvalue weighted by Gasteiger charge is 2.73.